The molecule has 1 fully saturated rings. The molecule has 13 heteroatoms. The number of carbonyl (C=O) groups is 2. The standard InChI is InChI=1S/C41H43N9O4/c1-4-5-8-30-20-39(50(48-30)31-13-11-27(2)12-14-31)47-41(52)45-34-15-16-36(33-10-7-6-9-32(33)34)54-26-28-17-18-42-37(19-28)46-38-22-43-35(21-44-38)40(51)49-23-29(24-49)25-53-3/h6-7,9-22,29H,4-5,8,23-26H2,1-3H3,(H,42,44,46)(H2,45,47,52). The molecule has 1 aliphatic rings. The highest BCUT2D eigenvalue weighted by Crippen LogP contribution is 2.33. The quantitative estimate of drug-likeness (QED) is 0.104. The summed E-state index contributed by atoms with van der Waals surface area (Å²) in [4.78, 5) is 41.0. The molecule has 1 saturated heterocycles. The van der Waals surface area contributed by atoms with E-state index in [0.717, 1.165) is 52.5 Å². The number of pyridine rings is 1. The fraction of sp³-hybridized carbons (Fsp3) is 0.268. The highest BCUT2D eigenvalue weighted by molar-refractivity contribution is 6.07. The Bertz CT molecular complexity index is 2230. The first-order valence-corrected chi connectivity index (χ1v) is 18.1. The van der Waals surface area contributed by atoms with Crippen LogP contribution in [0.3, 0.4) is 0 Å². The van der Waals surface area contributed by atoms with Crippen molar-refractivity contribution < 1.29 is 19.1 Å². The molecule has 6 aromatic rings. The van der Waals surface area contributed by atoms with E-state index < -0.39 is 0 Å². The highest BCUT2D eigenvalue weighted by atomic mass is 16.5. The lowest BCUT2D eigenvalue weighted by atomic mass is 10.0. The van der Waals surface area contributed by atoms with Crippen LogP contribution < -0.4 is 20.7 Å². The fourth-order valence-electron chi connectivity index (χ4n) is 6.32. The van der Waals surface area contributed by atoms with Crippen molar-refractivity contribution in [1.29, 1.82) is 0 Å². The van der Waals surface area contributed by atoms with Gasteiger partial charge in [-0.05, 0) is 61.7 Å². The molecule has 0 unspecified atom stereocenters. The zero-order valence-corrected chi connectivity index (χ0v) is 30.6. The van der Waals surface area contributed by atoms with Gasteiger partial charge in [0.1, 0.15) is 35.5 Å². The lowest BCUT2D eigenvalue weighted by Crippen LogP contribution is -2.51. The lowest BCUT2D eigenvalue weighted by molar-refractivity contribution is 0.0265. The number of hydrogen-bond donors (Lipinski definition) is 3. The summed E-state index contributed by atoms with van der Waals surface area (Å²) in [5.74, 6) is 2.51. The van der Waals surface area contributed by atoms with Gasteiger partial charge in [0.05, 0.1) is 36.1 Å². The van der Waals surface area contributed by atoms with E-state index in [1.165, 1.54) is 12.4 Å². The van der Waals surface area contributed by atoms with Crippen molar-refractivity contribution in [2.24, 2.45) is 5.92 Å². The molecular formula is C41H43N9O4. The Morgan fingerprint density at radius 2 is 1.70 bits per heavy atom. The van der Waals surface area contributed by atoms with E-state index in [0.29, 0.717) is 60.2 Å². The van der Waals surface area contributed by atoms with E-state index in [9.17, 15) is 9.59 Å². The molecule has 3 N–H and O–H groups in total. The zero-order chi connectivity index (χ0) is 37.4. The first-order chi connectivity index (χ1) is 26.4. The number of amides is 3. The number of benzene rings is 3. The highest BCUT2D eigenvalue weighted by Gasteiger charge is 2.31. The number of rotatable bonds is 14. The summed E-state index contributed by atoms with van der Waals surface area (Å²) in [6.45, 7) is 6.41. The molecule has 0 radical (unpaired) electrons. The average molecular weight is 726 g/mol. The van der Waals surface area contributed by atoms with Crippen LogP contribution in [-0.4, -0.2) is 68.4 Å². The van der Waals surface area contributed by atoms with Crippen LogP contribution in [-0.2, 0) is 17.8 Å². The number of aromatic nitrogens is 5. The van der Waals surface area contributed by atoms with Crippen LogP contribution in [0.5, 0.6) is 5.75 Å². The van der Waals surface area contributed by atoms with E-state index in [2.05, 4.69) is 37.8 Å². The van der Waals surface area contributed by atoms with Gasteiger partial charge in [-0.15, -0.1) is 0 Å². The molecule has 4 heterocycles. The van der Waals surface area contributed by atoms with Crippen LogP contribution >= 0.6 is 0 Å². The molecule has 0 spiro atoms. The number of nitrogens with zero attached hydrogens (tertiary/aromatic N) is 6. The fourth-order valence-corrected chi connectivity index (χ4v) is 6.32. The first-order valence-electron chi connectivity index (χ1n) is 18.1. The van der Waals surface area contributed by atoms with Crippen LogP contribution in [0, 0.1) is 12.8 Å². The summed E-state index contributed by atoms with van der Waals surface area (Å²) in [6, 6.07) is 24.8. The number of methoxy groups -OCH3 is 1. The monoisotopic (exact) mass is 725 g/mol. The largest absolute Gasteiger partial charge is 0.488 e. The second-order valence-electron chi connectivity index (χ2n) is 13.4. The number of urea groups is 1. The van der Waals surface area contributed by atoms with Crippen molar-refractivity contribution in [3.8, 4) is 11.4 Å². The minimum absolute atomic E-state index is 0.142. The van der Waals surface area contributed by atoms with Crippen molar-refractivity contribution >= 4 is 45.9 Å². The predicted molar refractivity (Wildman–Crippen MR) is 209 cm³/mol. The molecule has 3 amide bonds. The number of hydrogen-bond acceptors (Lipinski definition) is 9. The third kappa shape index (κ3) is 8.48. The van der Waals surface area contributed by atoms with Crippen molar-refractivity contribution in [3.05, 3.63) is 120 Å². The third-order valence-corrected chi connectivity index (χ3v) is 9.19. The molecule has 7 rings (SSSR count). The topological polar surface area (TPSA) is 148 Å². The smallest absolute Gasteiger partial charge is 0.324 e. The number of likely N-dealkylation sites (tertiary alicyclic amines) is 1. The number of carbonyl (C=O) groups excluding carboxylic acids is 2. The van der Waals surface area contributed by atoms with Gasteiger partial charge in [-0.1, -0.05) is 55.3 Å². The molecule has 54 heavy (non-hydrogen) atoms. The van der Waals surface area contributed by atoms with E-state index in [4.69, 9.17) is 14.6 Å². The Morgan fingerprint density at radius 1 is 0.889 bits per heavy atom. The van der Waals surface area contributed by atoms with Crippen LogP contribution in [0.1, 0.15) is 47.1 Å². The molecule has 3 aromatic heterocycles. The van der Waals surface area contributed by atoms with Crippen LogP contribution in [0.15, 0.2) is 97.5 Å². The van der Waals surface area contributed by atoms with Gasteiger partial charge in [0.15, 0.2) is 0 Å². The van der Waals surface area contributed by atoms with Crippen LogP contribution in [0.2, 0.25) is 0 Å². The SMILES string of the molecule is CCCCc1cc(NC(=O)Nc2ccc(OCc3ccnc(Nc4cnc(C(=O)N5CC(COC)C5)cn4)c3)c3ccccc23)n(-c2ccc(C)cc2)n1. The van der Waals surface area contributed by atoms with Crippen molar-refractivity contribution in [2.45, 2.75) is 39.7 Å². The van der Waals surface area contributed by atoms with Crippen LogP contribution in [0.4, 0.5) is 27.9 Å². The summed E-state index contributed by atoms with van der Waals surface area (Å²) >= 11 is 0. The molecule has 13 nitrogen and oxygen atoms in total. The Labute approximate surface area is 313 Å². The van der Waals surface area contributed by atoms with Gasteiger partial charge in [0.25, 0.3) is 5.91 Å². The minimum Gasteiger partial charge on any atom is -0.488 e. The van der Waals surface area contributed by atoms with E-state index in [1.54, 1.807) is 22.9 Å². The molecule has 0 saturated carbocycles. The Hall–Kier alpha value is -6.34. The number of aryl methyl sites for hydroxylation is 2. The minimum atomic E-state index is -0.376. The molecule has 0 bridgehead atoms. The number of ether oxygens (including phenoxy) is 2. The Kier molecular flexibility index (Phi) is 11.0. The molecule has 3 aromatic carbocycles. The molecular weight excluding hydrogens is 683 g/mol. The van der Waals surface area contributed by atoms with Crippen molar-refractivity contribution in [1.82, 2.24) is 29.6 Å². The number of unbranched alkanes of at least 4 members (excludes halogenated alkanes) is 1. The molecule has 276 valence electrons. The maximum Gasteiger partial charge on any atom is 0.324 e. The Balaban J connectivity index is 0.992. The summed E-state index contributed by atoms with van der Waals surface area (Å²) < 4.78 is 13.2. The van der Waals surface area contributed by atoms with Crippen LogP contribution in [0.25, 0.3) is 16.5 Å². The second-order valence-corrected chi connectivity index (χ2v) is 13.4. The van der Waals surface area contributed by atoms with E-state index in [1.807, 2.05) is 85.8 Å². The molecule has 0 atom stereocenters. The normalized spacial score (nSPS) is 12.7. The molecule has 1 aliphatic heterocycles. The number of nitrogens with one attached hydrogen (secondary N) is 3. The zero-order valence-electron chi connectivity index (χ0n) is 30.6. The van der Waals surface area contributed by atoms with Gasteiger partial charge in [0, 0.05) is 49.2 Å². The summed E-state index contributed by atoms with van der Waals surface area (Å²) in [6.07, 6.45) is 7.58. The van der Waals surface area contributed by atoms with Gasteiger partial charge < -0.3 is 25.0 Å². The third-order valence-electron chi connectivity index (χ3n) is 9.19. The lowest BCUT2D eigenvalue weighted by Gasteiger charge is -2.38. The van der Waals surface area contributed by atoms with Gasteiger partial charge in [-0.25, -0.2) is 24.4 Å². The maximum atomic E-state index is 13.4. The van der Waals surface area contributed by atoms with Crippen molar-refractivity contribution in [3.63, 3.8) is 0 Å². The second kappa shape index (κ2) is 16.6. The van der Waals surface area contributed by atoms with E-state index >= 15 is 0 Å². The van der Waals surface area contributed by atoms with Gasteiger partial charge in [0.2, 0.25) is 0 Å². The summed E-state index contributed by atoms with van der Waals surface area (Å²) in [5.41, 5.74) is 4.76. The average Bonchev–Trinajstić information content (AvgIpc) is 3.57. The first kappa shape index (κ1) is 36.0. The molecule has 0 aliphatic carbocycles. The summed E-state index contributed by atoms with van der Waals surface area (Å²) in [5, 5.41) is 15.7. The van der Waals surface area contributed by atoms with Crippen molar-refractivity contribution in [2.75, 3.05) is 42.8 Å². The number of anilines is 4. The number of fused-ring (bicyclic) bond motifs is 1. The predicted octanol–water partition coefficient (Wildman–Crippen LogP) is 7.55. The van der Waals surface area contributed by atoms with Gasteiger partial charge in [-0.3, -0.25) is 10.1 Å². The van der Waals surface area contributed by atoms with E-state index in [-0.39, 0.29) is 18.5 Å². The van der Waals surface area contributed by atoms with Gasteiger partial charge >= 0.3 is 6.03 Å². The van der Waals surface area contributed by atoms with Gasteiger partial charge in [-0.2, -0.15) is 5.10 Å². The Morgan fingerprint density at radius 3 is 2.46 bits per heavy atom. The summed E-state index contributed by atoms with van der Waals surface area (Å²) in [7, 11) is 1.66. The maximum absolute atomic E-state index is 13.4.